The normalized spacial score (nSPS) is 27.0. The highest BCUT2D eigenvalue weighted by atomic mass is 16.5. The minimum atomic E-state index is 0.193. The van der Waals surface area contributed by atoms with Crippen molar-refractivity contribution >= 4 is 0 Å². The zero-order valence-corrected chi connectivity index (χ0v) is 9.50. The minimum absolute atomic E-state index is 0.193. The van der Waals surface area contributed by atoms with E-state index >= 15 is 0 Å². The lowest BCUT2D eigenvalue weighted by atomic mass is 9.86. The molecule has 2 aliphatic rings. The second-order valence-electron chi connectivity index (χ2n) is 5.13. The largest absolute Gasteiger partial charge is 0.396 e. The maximum atomic E-state index is 9.48. The van der Waals surface area contributed by atoms with Crippen LogP contribution in [0, 0.1) is 5.41 Å². The van der Waals surface area contributed by atoms with E-state index in [1.165, 1.54) is 25.7 Å². The summed E-state index contributed by atoms with van der Waals surface area (Å²) in [5, 5.41) is 13.1. The molecule has 1 saturated heterocycles. The third-order valence-electron chi connectivity index (χ3n) is 3.99. The lowest BCUT2D eigenvalue weighted by molar-refractivity contribution is 0.0678. The van der Waals surface area contributed by atoms with Gasteiger partial charge in [0.25, 0.3) is 0 Å². The van der Waals surface area contributed by atoms with Crippen LogP contribution in [0.25, 0.3) is 0 Å². The van der Waals surface area contributed by atoms with Crippen molar-refractivity contribution in [2.45, 2.75) is 44.6 Å². The number of hydrogen-bond donors (Lipinski definition) is 2. The van der Waals surface area contributed by atoms with Crippen molar-refractivity contribution in [3.63, 3.8) is 0 Å². The smallest absolute Gasteiger partial charge is 0.0499 e. The predicted octanol–water partition coefficient (Wildman–Crippen LogP) is 1.31. The lowest BCUT2D eigenvalue weighted by Gasteiger charge is -2.31. The van der Waals surface area contributed by atoms with Gasteiger partial charge in [-0.25, -0.2) is 0 Å². The second kappa shape index (κ2) is 5.28. The first kappa shape index (κ1) is 11.4. The number of nitrogens with one attached hydrogen (secondary N) is 1. The van der Waals surface area contributed by atoms with Gasteiger partial charge < -0.3 is 15.2 Å². The van der Waals surface area contributed by atoms with Crippen molar-refractivity contribution in [1.29, 1.82) is 0 Å². The highest BCUT2D eigenvalue weighted by molar-refractivity contribution is 4.87. The zero-order valence-electron chi connectivity index (χ0n) is 9.50. The molecule has 0 radical (unpaired) electrons. The van der Waals surface area contributed by atoms with E-state index in [-0.39, 0.29) is 5.41 Å². The molecule has 0 atom stereocenters. The highest BCUT2D eigenvalue weighted by Gasteiger charge is 2.33. The number of hydrogen-bond acceptors (Lipinski definition) is 3. The molecule has 2 N–H and O–H groups in total. The summed E-state index contributed by atoms with van der Waals surface area (Å²) in [7, 11) is 0. The number of ether oxygens (including phenoxy) is 1. The predicted molar refractivity (Wildman–Crippen MR) is 59.8 cm³/mol. The van der Waals surface area contributed by atoms with Crippen LogP contribution in [0.15, 0.2) is 0 Å². The summed E-state index contributed by atoms with van der Waals surface area (Å²) in [4.78, 5) is 0. The third kappa shape index (κ3) is 2.92. The number of aliphatic hydroxyl groups excluding tert-OH is 1. The Hall–Kier alpha value is -0.120. The van der Waals surface area contributed by atoms with Gasteiger partial charge in [-0.05, 0) is 25.7 Å². The molecule has 2 fully saturated rings. The van der Waals surface area contributed by atoms with Crippen LogP contribution >= 0.6 is 0 Å². The van der Waals surface area contributed by atoms with Crippen LogP contribution in [-0.2, 0) is 4.74 Å². The summed E-state index contributed by atoms with van der Waals surface area (Å²) in [5.41, 5.74) is 0.193. The van der Waals surface area contributed by atoms with E-state index in [1.807, 2.05) is 0 Å². The summed E-state index contributed by atoms with van der Waals surface area (Å²) in [6.07, 6.45) is 7.22. The standard InChI is InChI=1S/C12H23NO2/c14-10-12(5-1-2-6-12)9-13-11-3-7-15-8-4-11/h11,13-14H,1-10H2. The summed E-state index contributed by atoms with van der Waals surface area (Å²) in [6, 6.07) is 0.614. The van der Waals surface area contributed by atoms with Gasteiger partial charge in [-0.1, -0.05) is 12.8 Å². The Labute approximate surface area is 92.2 Å². The molecule has 3 heteroatoms. The van der Waals surface area contributed by atoms with Crippen molar-refractivity contribution in [2.24, 2.45) is 5.41 Å². The van der Waals surface area contributed by atoms with Crippen LogP contribution in [0.2, 0.25) is 0 Å². The van der Waals surface area contributed by atoms with Crippen molar-refractivity contribution in [1.82, 2.24) is 5.32 Å². The molecule has 0 spiro atoms. The van der Waals surface area contributed by atoms with Gasteiger partial charge in [-0.3, -0.25) is 0 Å². The molecule has 0 aromatic carbocycles. The van der Waals surface area contributed by atoms with Crippen molar-refractivity contribution < 1.29 is 9.84 Å². The Balaban J connectivity index is 1.75. The fourth-order valence-corrected chi connectivity index (χ4v) is 2.78. The topological polar surface area (TPSA) is 41.5 Å². The average Bonchev–Trinajstić information content (AvgIpc) is 2.77. The summed E-state index contributed by atoms with van der Waals surface area (Å²) >= 11 is 0. The van der Waals surface area contributed by atoms with Gasteiger partial charge in [0.2, 0.25) is 0 Å². The van der Waals surface area contributed by atoms with E-state index < -0.39 is 0 Å². The van der Waals surface area contributed by atoms with Gasteiger partial charge in [0.15, 0.2) is 0 Å². The molecule has 1 heterocycles. The van der Waals surface area contributed by atoms with Crippen molar-refractivity contribution in [3.8, 4) is 0 Å². The molecule has 0 amide bonds. The van der Waals surface area contributed by atoms with Crippen LogP contribution < -0.4 is 5.32 Å². The van der Waals surface area contributed by atoms with Crippen LogP contribution in [0.4, 0.5) is 0 Å². The summed E-state index contributed by atoms with van der Waals surface area (Å²) < 4.78 is 5.33. The minimum Gasteiger partial charge on any atom is -0.396 e. The van der Waals surface area contributed by atoms with E-state index in [2.05, 4.69) is 5.32 Å². The molecule has 0 unspecified atom stereocenters. The van der Waals surface area contributed by atoms with Crippen LogP contribution in [0.5, 0.6) is 0 Å². The third-order valence-corrected chi connectivity index (χ3v) is 3.99. The van der Waals surface area contributed by atoms with Gasteiger partial charge in [-0.2, -0.15) is 0 Å². The first-order chi connectivity index (χ1) is 7.35. The highest BCUT2D eigenvalue weighted by Crippen LogP contribution is 2.37. The Morgan fingerprint density at radius 3 is 2.47 bits per heavy atom. The fourth-order valence-electron chi connectivity index (χ4n) is 2.78. The summed E-state index contributed by atoms with van der Waals surface area (Å²) in [5.74, 6) is 0. The quantitative estimate of drug-likeness (QED) is 0.740. The van der Waals surface area contributed by atoms with Gasteiger partial charge in [0.1, 0.15) is 0 Å². The van der Waals surface area contributed by atoms with Crippen LogP contribution in [0.3, 0.4) is 0 Å². The number of rotatable bonds is 4. The zero-order chi connectivity index (χ0) is 10.6. The van der Waals surface area contributed by atoms with E-state index in [0.717, 1.165) is 32.6 Å². The van der Waals surface area contributed by atoms with Gasteiger partial charge >= 0.3 is 0 Å². The van der Waals surface area contributed by atoms with Crippen molar-refractivity contribution in [3.05, 3.63) is 0 Å². The van der Waals surface area contributed by atoms with Gasteiger partial charge in [-0.15, -0.1) is 0 Å². The monoisotopic (exact) mass is 213 g/mol. The SMILES string of the molecule is OCC1(CNC2CCOCC2)CCCC1. The molecule has 0 aromatic heterocycles. The molecule has 1 aliphatic carbocycles. The van der Waals surface area contributed by atoms with E-state index in [1.54, 1.807) is 0 Å². The maximum Gasteiger partial charge on any atom is 0.0499 e. The first-order valence-electron chi connectivity index (χ1n) is 6.27. The van der Waals surface area contributed by atoms with E-state index in [4.69, 9.17) is 4.74 Å². The van der Waals surface area contributed by atoms with E-state index in [9.17, 15) is 5.11 Å². The molecular weight excluding hydrogens is 190 g/mol. The maximum absolute atomic E-state index is 9.48. The van der Waals surface area contributed by atoms with Crippen molar-refractivity contribution in [2.75, 3.05) is 26.4 Å². The Bertz CT molecular complexity index is 184. The molecule has 0 aromatic rings. The average molecular weight is 213 g/mol. The Kier molecular flexibility index (Phi) is 4.00. The van der Waals surface area contributed by atoms with E-state index in [0.29, 0.717) is 12.6 Å². The van der Waals surface area contributed by atoms with Crippen LogP contribution in [-0.4, -0.2) is 37.5 Å². The van der Waals surface area contributed by atoms with Crippen LogP contribution in [0.1, 0.15) is 38.5 Å². The Morgan fingerprint density at radius 2 is 1.87 bits per heavy atom. The molecule has 0 bridgehead atoms. The molecular formula is C12H23NO2. The van der Waals surface area contributed by atoms with Gasteiger partial charge in [0.05, 0.1) is 0 Å². The molecule has 88 valence electrons. The molecule has 2 rings (SSSR count). The second-order valence-corrected chi connectivity index (χ2v) is 5.13. The fraction of sp³-hybridized carbons (Fsp3) is 1.00. The first-order valence-corrected chi connectivity index (χ1v) is 6.27. The molecule has 1 aliphatic heterocycles. The molecule has 3 nitrogen and oxygen atoms in total. The lowest BCUT2D eigenvalue weighted by Crippen LogP contribution is -2.42. The summed E-state index contributed by atoms with van der Waals surface area (Å²) in [6.45, 7) is 3.13. The molecule has 15 heavy (non-hydrogen) atoms. The molecule has 1 saturated carbocycles. The van der Waals surface area contributed by atoms with Gasteiger partial charge in [0, 0.05) is 37.8 Å². The Morgan fingerprint density at radius 1 is 1.20 bits per heavy atom. The number of aliphatic hydroxyl groups is 1.